The van der Waals surface area contributed by atoms with Crippen LogP contribution in [0, 0.1) is 13.8 Å². The molecule has 2 aliphatic heterocycles. The third kappa shape index (κ3) is 4.75. The number of thiazole rings is 1. The monoisotopic (exact) mass is 492 g/mol. The highest BCUT2D eigenvalue weighted by molar-refractivity contribution is 7.89. The first-order valence-corrected chi connectivity index (χ1v) is 13.3. The number of sulfonamides is 1. The van der Waals surface area contributed by atoms with E-state index < -0.39 is 16.1 Å². The Morgan fingerprint density at radius 2 is 2.06 bits per heavy atom. The van der Waals surface area contributed by atoms with E-state index in [1.54, 1.807) is 29.2 Å². The van der Waals surface area contributed by atoms with E-state index in [0.29, 0.717) is 56.0 Å². The molecule has 1 unspecified atom stereocenters. The van der Waals surface area contributed by atoms with Crippen molar-refractivity contribution >= 4 is 38.9 Å². The molecule has 1 aromatic heterocycles. The van der Waals surface area contributed by atoms with Crippen molar-refractivity contribution in [3.63, 3.8) is 0 Å². The van der Waals surface area contributed by atoms with E-state index in [1.165, 1.54) is 17.3 Å². The Kier molecular flexibility index (Phi) is 6.73. The average molecular weight is 493 g/mol. The number of fused-ring (bicyclic) bond motifs is 1. The van der Waals surface area contributed by atoms with Crippen molar-refractivity contribution in [2.24, 2.45) is 0 Å². The van der Waals surface area contributed by atoms with Crippen LogP contribution >= 0.6 is 11.3 Å². The molecule has 11 heteroatoms. The number of amides is 2. The van der Waals surface area contributed by atoms with Crippen LogP contribution in [0.25, 0.3) is 0 Å². The molecule has 1 aromatic carbocycles. The van der Waals surface area contributed by atoms with Gasteiger partial charge in [0.25, 0.3) is 0 Å². The van der Waals surface area contributed by atoms with Crippen LogP contribution in [0.15, 0.2) is 22.4 Å². The molecule has 1 saturated heterocycles. The van der Waals surface area contributed by atoms with Crippen LogP contribution in [0.5, 0.6) is 5.75 Å². The fourth-order valence-electron chi connectivity index (χ4n) is 4.32. The topological polar surface area (TPSA) is 109 Å². The molecule has 0 aliphatic carbocycles. The summed E-state index contributed by atoms with van der Waals surface area (Å²) in [5.74, 6) is -0.0596. The maximum Gasteiger partial charge on any atom is 0.244 e. The molecule has 1 fully saturated rings. The lowest BCUT2D eigenvalue weighted by molar-refractivity contribution is -0.124. The van der Waals surface area contributed by atoms with Crippen molar-refractivity contribution in [3.05, 3.63) is 33.8 Å². The van der Waals surface area contributed by atoms with Gasteiger partial charge < -0.3 is 15.0 Å². The Bertz CT molecular complexity index is 1180. The number of aromatic nitrogens is 1. The van der Waals surface area contributed by atoms with E-state index in [1.807, 2.05) is 12.3 Å². The van der Waals surface area contributed by atoms with Crippen molar-refractivity contribution in [1.29, 1.82) is 0 Å². The smallest absolute Gasteiger partial charge is 0.244 e. The highest BCUT2D eigenvalue weighted by Crippen LogP contribution is 2.38. The Morgan fingerprint density at radius 3 is 2.76 bits per heavy atom. The molecule has 0 bridgehead atoms. The zero-order valence-electron chi connectivity index (χ0n) is 19.0. The Morgan fingerprint density at radius 1 is 1.27 bits per heavy atom. The molecule has 0 spiro atoms. The zero-order valence-corrected chi connectivity index (χ0v) is 20.6. The van der Waals surface area contributed by atoms with E-state index >= 15 is 0 Å². The molecule has 1 N–H and O–H groups in total. The van der Waals surface area contributed by atoms with Crippen molar-refractivity contribution in [3.8, 4) is 5.75 Å². The number of carbonyl (C=O) groups is 2. The molecule has 2 aromatic rings. The normalized spacial score (nSPS) is 18.6. The number of carbonyl (C=O) groups excluding carboxylic acids is 2. The summed E-state index contributed by atoms with van der Waals surface area (Å²) < 4.78 is 34.1. The van der Waals surface area contributed by atoms with Crippen LogP contribution in [0.2, 0.25) is 0 Å². The minimum atomic E-state index is -3.93. The van der Waals surface area contributed by atoms with Crippen LogP contribution in [0.1, 0.15) is 36.0 Å². The molecule has 2 aliphatic rings. The van der Waals surface area contributed by atoms with Gasteiger partial charge in [0.2, 0.25) is 21.8 Å². The van der Waals surface area contributed by atoms with E-state index in [-0.39, 0.29) is 23.3 Å². The molecule has 9 nitrogen and oxygen atoms in total. The first-order chi connectivity index (χ1) is 15.7. The third-order valence-electron chi connectivity index (χ3n) is 5.94. The second-order valence-electron chi connectivity index (χ2n) is 8.28. The third-order valence-corrected chi connectivity index (χ3v) is 8.81. The maximum absolute atomic E-state index is 13.6. The van der Waals surface area contributed by atoms with Crippen molar-refractivity contribution in [2.75, 3.05) is 31.1 Å². The number of anilines is 1. The quantitative estimate of drug-likeness (QED) is 0.661. The van der Waals surface area contributed by atoms with Crippen molar-refractivity contribution in [2.45, 2.75) is 51.0 Å². The Balaban J connectivity index is 1.52. The largest absolute Gasteiger partial charge is 0.489 e. The molecule has 0 radical (unpaired) electrons. The summed E-state index contributed by atoms with van der Waals surface area (Å²) >= 11 is 1.56. The SMILES string of the molecule is CC(=O)N1CCOc2cc(S(=O)(=O)N3CCCC3C(=O)NCCc3csc(C)n3)c(C)cc21. The first-order valence-electron chi connectivity index (χ1n) is 10.9. The molecule has 1 atom stereocenters. The fourth-order valence-corrected chi connectivity index (χ4v) is 6.85. The van der Waals surface area contributed by atoms with Gasteiger partial charge in [0, 0.05) is 37.9 Å². The summed E-state index contributed by atoms with van der Waals surface area (Å²) in [6.45, 7) is 6.49. The number of rotatable bonds is 6. The molecule has 4 rings (SSSR count). The predicted octanol–water partition coefficient (Wildman–Crippen LogP) is 2.02. The number of benzene rings is 1. The highest BCUT2D eigenvalue weighted by atomic mass is 32.2. The summed E-state index contributed by atoms with van der Waals surface area (Å²) in [5.41, 5.74) is 1.99. The lowest BCUT2D eigenvalue weighted by Gasteiger charge is -2.30. The minimum absolute atomic E-state index is 0.101. The highest BCUT2D eigenvalue weighted by Gasteiger charge is 2.40. The van der Waals surface area contributed by atoms with Gasteiger partial charge in [0.05, 0.1) is 27.8 Å². The van der Waals surface area contributed by atoms with Gasteiger partial charge in [-0.2, -0.15) is 4.31 Å². The van der Waals surface area contributed by atoms with Gasteiger partial charge in [0.15, 0.2) is 0 Å². The maximum atomic E-state index is 13.6. The average Bonchev–Trinajstić information content (AvgIpc) is 3.42. The van der Waals surface area contributed by atoms with E-state index in [2.05, 4.69) is 10.3 Å². The van der Waals surface area contributed by atoms with Gasteiger partial charge in [-0.1, -0.05) is 0 Å². The molecular formula is C22H28N4O5S2. The molecular weight excluding hydrogens is 464 g/mol. The first kappa shape index (κ1) is 23.7. The van der Waals surface area contributed by atoms with E-state index in [0.717, 1.165) is 10.7 Å². The number of nitrogens with zero attached hydrogens (tertiary/aromatic N) is 3. The predicted molar refractivity (Wildman–Crippen MR) is 125 cm³/mol. The van der Waals surface area contributed by atoms with Crippen LogP contribution in [0.4, 0.5) is 5.69 Å². The van der Waals surface area contributed by atoms with Crippen LogP contribution < -0.4 is 15.0 Å². The second-order valence-corrected chi connectivity index (χ2v) is 11.2. The number of hydrogen-bond donors (Lipinski definition) is 1. The summed E-state index contributed by atoms with van der Waals surface area (Å²) in [6, 6.07) is 2.40. The Hall–Kier alpha value is -2.50. The molecule has 33 heavy (non-hydrogen) atoms. The van der Waals surface area contributed by atoms with E-state index in [4.69, 9.17) is 4.74 Å². The number of ether oxygens (including phenoxy) is 1. The van der Waals surface area contributed by atoms with E-state index in [9.17, 15) is 18.0 Å². The summed E-state index contributed by atoms with van der Waals surface area (Å²) in [7, 11) is -3.93. The minimum Gasteiger partial charge on any atom is -0.489 e. The number of nitrogens with one attached hydrogen (secondary N) is 1. The van der Waals surface area contributed by atoms with Gasteiger partial charge in [0.1, 0.15) is 18.4 Å². The number of aryl methyl sites for hydroxylation is 2. The lowest BCUT2D eigenvalue weighted by atomic mass is 10.1. The van der Waals surface area contributed by atoms with Gasteiger partial charge >= 0.3 is 0 Å². The summed E-state index contributed by atoms with van der Waals surface area (Å²) in [5, 5.41) is 5.80. The number of hydrogen-bond acceptors (Lipinski definition) is 7. The summed E-state index contributed by atoms with van der Waals surface area (Å²) in [4.78, 5) is 30.9. The lowest BCUT2D eigenvalue weighted by Crippen LogP contribution is -2.46. The molecule has 0 saturated carbocycles. The van der Waals surface area contributed by atoms with Crippen molar-refractivity contribution in [1.82, 2.24) is 14.6 Å². The van der Waals surface area contributed by atoms with Gasteiger partial charge in [-0.05, 0) is 38.3 Å². The Labute approximate surface area is 197 Å². The zero-order chi connectivity index (χ0) is 23.8. The van der Waals surface area contributed by atoms with Gasteiger partial charge in [-0.15, -0.1) is 11.3 Å². The summed E-state index contributed by atoms with van der Waals surface area (Å²) in [6.07, 6.45) is 1.68. The van der Waals surface area contributed by atoms with Crippen molar-refractivity contribution < 1.29 is 22.7 Å². The molecule has 3 heterocycles. The van der Waals surface area contributed by atoms with Crippen LogP contribution in [-0.2, 0) is 26.0 Å². The van der Waals surface area contributed by atoms with Crippen LogP contribution in [0.3, 0.4) is 0 Å². The van der Waals surface area contributed by atoms with Gasteiger partial charge in [-0.25, -0.2) is 13.4 Å². The van der Waals surface area contributed by atoms with Gasteiger partial charge in [-0.3, -0.25) is 9.59 Å². The van der Waals surface area contributed by atoms with Crippen LogP contribution in [-0.4, -0.2) is 61.8 Å². The fraction of sp³-hybridized carbons (Fsp3) is 0.500. The second kappa shape index (κ2) is 9.40. The standard InChI is InChI=1S/C22H28N4O5S2/c1-14-11-19-20(31-10-9-25(19)16(3)27)12-21(14)33(29,30)26-8-4-5-18(26)22(28)23-7-6-17-13-32-15(2)24-17/h11-13,18H,4-10H2,1-3H3,(H,23,28). The molecule has 2 amide bonds. The molecule has 178 valence electrons.